The van der Waals surface area contributed by atoms with Gasteiger partial charge in [0, 0.05) is 24.5 Å². The third kappa shape index (κ3) is 4.04. The number of likely N-dealkylation sites (tertiary alicyclic amines) is 1. The fourth-order valence-electron chi connectivity index (χ4n) is 2.68. The molecule has 2 aromatic heterocycles. The smallest absolute Gasteiger partial charge is 0.180 e. The molecule has 0 unspecified atom stereocenters. The first-order chi connectivity index (χ1) is 10.3. The SMILES string of the molecule is Cc1cc(OCC2CCN(Cc3cocn3)CC2)ccn1. The molecule has 5 heteroatoms. The van der Waals surface area contributed by atoms with E-state index in [0.717, 1.165) is 43.4 Å². The molecule has 1 aliphatic rings. The van der Waals surface area contributed by atoms with Gasteiger partial charge in [-0.15, -0.1) is 0 Å². The average molecular weight is 287 g/mol. The predicted molar refractivity (Wildman–Crippen MR) is 79.0 cm³/mol. The van der Waals surface area contributed by atoms with Gasteiger partial charge in [0.15, 0.2) is 6.39 Å². The number of pyridine rings is 1. The van der Waals surface area contributed by atoms with Gasteiger partial charge in [0.05, 0.1) is 12.3 Å². The Hall–Kier alpha value is -1.88. The van der Waals surface area contributed by atoms with Crippen molar-refractivity contribution in [2.75, 3.05) is 19.7 Å². The van der Waals surface area contributed by atoms with Crippen LogP contribution in [0.4, 0.5) is 0 Å². The van der Waals surface area contributed by atoms with Crippen LogP contribution >= 0.6 is 0 Å². The number of ether oxygens (including phenoxy) is 1. The molecule has 21 heavy (non-hydrogen) atoms. The molecule has 0 radical (unpaired) electrons. The van der Waals surface area contributed by atoms with Crippen LogP contribution in [0.25, 0.3) is 0 Å². The molecule has 0 aromatic carbocycles. The van der Waals surface area contributed by atoms with Crippen molar-refractivity contribution >= 4 is 0 Å². The minimum atomic E-state index is 0.632. The average Bonchev–Trinajstić information content (AvgIpc) is 3.00. The molecular weight excluding hydrogens is 266 g/mol. The van der Waals surface area contributed by atoms with Crippen LogP contribution < -0.4 is 4.74 Å². The maximum atomic E-state index is 5.88. The molecule has 0 atom stereocenters. The Morgan fingerprint density at radius 1 is 1.33 bits per heavy atom. The summed E-state index contributed by atoms with van der Waals surface area (Å²) in [7, 11) is 0. The van der Waals surface area contributed by atoms with Gasteiger partial charge in [0.1, 0.15) is 12.0 Å². The highest BCUT2D eigenvalue weighted by atomic mass is 16.5. The maximum Gasteiger partial charge on any atom is 0.180 e. The second-order valence-corrected chi connectivity index (χ2v) is 5.64. The van der Waals surface area contributed by atoms with Crippen LogP contribution in [0.5, 0.6) is 5.75 Å². The molecule has 0 bridgehead atoms. The van der Waals surface area contributed by atoms with Crippen LogP contribution in [0.2, 0.25) is 0 Å². The summed E-state index contributed by atoms with van der Waals surface area (Å²) < 4.78 is 10.9. The number of piperidine rings is 1. The number of oxazole rings is 1. The molecule has 0 saturated carbocycles. The van der Waals surface area contributed by atoms with Crippen LogP contribution in [0.1, 0.15) is 24.2 Å². The highest BCUT2D eigenvalue weighted by Crippen LogP contribution is 2.20. The lowest BCUT2D eigenvalue weighted by Crippen LogP contribution is -2.35. The first-order valence-corrected chi connectivity index (χ1v) is 7.44. The van der Waals surface area contributed by atoms with Gasteiger partial charge in [-0.05, 0) is 44.8 Å². The van der Waals surface area contributed by atoms with Gasteiger partial charge in [0.25, 0.3) is 0 Å². The van der Waals surface area contributed by atoms with E-state index >= 15 is 0 Å². The summed E-state index contributed by atoms with van der Waals surface area (Å²) in [5, 5.41) is 0. The molecular formula is C16H21N3O2. The zero-order valence-electron chi connectivity index (χ0n) is 12.4. The molecule has 1 fully saturated rings. The highest BCUT2D eigenvalue weighted by Gasteiger charge is 2.20. The molecule has 3 rings (SSSR count). The molecule has 1 saturated heterocycles. The lowest BCUT2D eigenvalue weighted by atomic mass is 9.98. The Bertz CT molecular complexity index is 548. The molecule has 0 amide bonds. The summed E-state index contributed by atoms with van der Waals surface area (Å²) in [4.78, 5) is 10.8. The van der Waals surface area contributed by atoms with Crippen molar-refractivity contribution in [1.82, 2.24) is 14.9 Å². The Morgan fingerprint density at radius 3 is 2.90 bits per heavy atom. The minimum absolute atomic E-state index is 0.632. The normalized spacial score (nSPS) is 17.0. The van der Waals surface area contributed by atoms with Crippen molar-refractivity contribution in [2.24, 2.45) is 5.92 Å². The summed E-state index contributed by atoms with van der Waals surface area (Å²) >= 11 is 0. The van der Waals surface area contributed by atoms with Crippen molar-refractivity contribution in [2.45, 2.75) is 26.3 Å². The van der Waals surface area contributed by atoms with Gasteiger partial charge < -0.3 is 9.15 Å². The molecule has 3 heterocycles. The first-order valence-electron chi connectivity index (χ1n) is 7.44. The second kappa shape index (κ2) is 6.72. The molecule has 0 spiro atoms. The topological polar surface area (TPSA) is 51.4 Å². The number of hydrogen-bond donors (Lipinski definition) is 0. The zero-order chi connectivity index (χ0) is 14.5. The van der Waals surface area contributed by atoms with E-state index in [-0.39, 0.29) is 0 Å². The van der Waals surface area contributed by atoms with E-state index in [4.69, 9.17) is 9.15 Å². The van der Waals surface area contributed by atoms with Crippen molar-refractivity contribution in [3.05, 3.63) is 42.4 Å². The lowest BCUT2D eigenvalue weighted by molar-refractivity contribution is 0.135. The monoisotopic (exact) mass is 287 g/mol. The van der Waals surface area contributed by atoms with E-state index in [0.29, 0.717) is 5.92 Å². The third-order valence-corrected chi connectivity index (χ3v) is 3.93. The van der Waals surface area contributed by atoms with E-state index in [1.165, 1.54) is 19.2 Å². The Labute approximate surface area is 125 Å². The number of hydrogen-bond acceptors (Lipinski definition) is 5. The molecule has 5 nitrogen and oxygen atoms in total. The summed E-state index contributed by atoms with van der Waals surface area (Å²) in [5.41, 5.74) is 2.01. The largest absolute Gasteiger partial charge is 0.493 e. The summed E-state index contributed by atoms with van der Waals surface area (Å²) in [5.74, 6) is 1.56. The summed E-state index contributed by atoms with van der Waals surface area (Å²) in [6.07, 6.45) is 7.35. The third-order valence-electron chi connectivity index (χ3n) is 3.93. The predicted octanol–water partition coefficient (Wildman–Crippen LogP) is 2.67. The summed E-state index contributed by atoms with van der Waals surface area (Å²) in [6.45, 7) is 5.84. The van der Waals surface area contributed by atoms with Crippen LogP contribution in [-0.4, -0.2) is 34.6 Å². The van der Waals surface area contributed by atoms with Gasteiger partial charge in [-0.25, -0.2) is 4.98 Å². The van der Waals surface area contributed by atoms with Crippen molar-refractivity contribution in [1.29, 1.82) is 0 Å². The number of rotatable bonds is 5. The number of nitrogens with zero attached hydrogens (tertiary/aromatic N) is 3. The van der Waals surface area contributed by atoms with Crippen LogP contribution in [-0.2, 0) is 6.54 Å². The fraction of sp³-hybridized carbons (Fsp3) is 0.500. The van der Waals surface area contributed by atoms with Crippen LogP contribution in [0.3, 0.4) is 0 Å². The van der Waals surface area contributed by atoms with E-state index in [1.807, 2.05) is 19.1 Å². The van der Waals surface area contributed by atoms with Gasteiger partial charge in [-0.3, -0.25) is 9.88 Å². The number of aromatic nitrogens is 2. The Morgan fingerprint density at radius 2 is 2.19 bits per heavy atom. The highest BCUT2D eigenvalue weighted by molar-refractivity contribution is 5.21. The number of aryl methyl sites for hydroxylation is 1. The fourth-order valence-corrected chi connectivity index (χ4v) is 2.68. The van der Waals surface area contributed by atoms with Gasteiger partial charge in [-0.1, -0.05) is 0 Å². The van der Waals surface area contributed by atoms with E-state index < -0.39 is 0 Å². The van der Waals surface area contributed by atoms with Gasteiger partial charge in [-0.2, -0.15) is 0 Å². The van der Waals surface area contributed by atoms with E-state index in [2.05, 4.69) is 14.9 Å². The molecule has 112 valence electrons. The summed E-state index contributed by atoms with van der Waals surface area (Å²) in [6, 6.07) is 3.91. The standard InChI is InChI=1S/C16H21N3O2/c1-13-8-16(2-5-17-13)21-10-14-3-6-19(7-4-14)9-15-11-20-12-18-15/h2,5,8,11-12,14H,3-4,6-7,9-10H2,1H3. The maximum absolute atomic E-state index is 5.88. The van der Waals surface area contributed by atoms with Gasteiger partial charge >= 0.3 is 0 Å². The molecule has 1 aliphatic heterocycles. The molecule has 0 N–H and O–H groups in total. The first kappa shape index (κ1) is 14.1. The van der Waals surface area contributed by atoms with Crippen molar-refractivity contribution in [3.63, 3.8) is 0 Å². The van der Waals surface area contributed by atoms with E-state index in [1.54, 1.807) is 12.5 Å². The molecule has 2 aromatic rings. The second-order valence-electron chi connectivity index (χ2n) is 5.64. The van der Waals surface area contributed by atoms with Crippen molar-refractivity contribution in [3.8, 4) is 5.75 Å². The van der Waals surface area contributed by atoms with Crippen LogP contribution in [0, 0.1) is 12.8 Å². The Balaban J connectivity index is 1.41. The molecule has 0 aliphatic carbocycles. The minimum Gasteiger partial charge on any atom is -0.493 e. The quantitative estimate of drug-likeness (QED) is 0.846. The van der Waals surface area contributed by atoms with Crippen LogP contribution in [0.15, 0.2) is 35.4 Å². The van der Waals surface area contributed by atoms with Gasteiger partial charge in [0.2, 0.25) is 0 Å². The lowest BCUT2D eigenvalue weighted by Gasteiger charge is -2.31. The van der Waals surface area contributed by atoms with Crippen molar-refractivity contribution < 1.29 is 9.15 Å². The zero-order valence-corrected chi connectivity index (χ0v) is 12.4. The van der Waals surface area contributed by atoms with E-state index in [9.17, 15) is 0 Å². The Kier molecular flexibility index (Phi) is 4.50.